The van der Waals surface area contributed by atoms with Crippen LogP contribution in [-0.4, -0.2) is 32.7 Å². The van der Waals surface area contributed by atoms with Crippen molar-refractivity contribution in [1.29, 1.82) is 0 Å². The summed E-state index contributed by atoms with van der Waals surface area (Å²) in [6, 6.07) is 13.8. The van der Waals surface area contributed by atoms with Crippen LogP contribution < -0.4 is 14.4 Å². The molecule has 0 fully saturated rings. The molecule has 162 valence electrons. The third kappa shape index (κ3) is 4.90. The molecule has 8 heteroatoms. The molecule has 0 aliphatic carbocycles. The van der Waals surface area contributed by atoms with E-state index >= 15 is 0 Å². The van der Waals surface area contributed by atoms with E-state index in [4.69, 9.17) is 16.3 Å². The molecular formula is C22H27ClN2O4S. The monoisotopic (exact) mass is 450 g/mol. The standard InChI is InChI=1S/C22H27ClN2O4S/c1-4-22(5-2)14-19(18-11-6-7-12-20(18)29-22)24-21(26)15-25(30(3,27)28)17-10-8-9-16(23)13-17/h6-13,19H,4-5,14-15H2,1-3H3,(H,24,26)/t19-/m0/s1. The smallest absolute Gasteiger partial charge is 0.241 e. The fourth-order valence-electron chi connectivity index (χ4n) is 3.83. The summed E-state index contributed by atoms with van der Waals surface area (Å²) in [6.45, 7) is 3.81. The van der Waals surface area contributed by atoms with E-state index in [9.17, 15) is 13.2 Å². The zero-order chi connectivity index (χ0) is 21.9. The Morgan fingerprint density at radius 1 is 1.20 bits per heavy atom. The number of rotatable bonds is 7. The van der Waals surface area contributed by atoms with Gasteiger partial charge < -0.3 is 10.1 Å². The number of ether oxygens (including phenoxy) is 1. The molecule has 1 N–H and O–H groups in total. The molecule has 0 aromatic heterocycles. The third-order valence-corrected chi connectivity index (χ3v) is 6.98. The lowest BCUT2D eigenvalue weighted by atomic mass is 9.83. The second-order valence-corrected chi connectivity index (χ2v) is 9.95. The molecule has 30 heavy (non-hydrogen) atoms. The number of hydrogen-bond donors (Lipinski definition) is 1. The van der Waals surface area contributed by atoms with E-state index in [0.717, 1.165) is 34.7 Å². The van der Waals surface area contributed by atoms with Gasteiger partial charge in [0.2, 0.25) is 15.9 Å². The highest BCUT2D eigenvalue weighted by Gasteiger charge is 2.39. The second kappa shape index (κ2) is 8.86. The van der Waals surface area contributed by atoms with E-state index in [-0.39, 0.29) is 24.1 Å². The Kier molecular flexibility index (Phi) is 6.62. The first-order chi connectivity index (χ1) is 14.2. The summed E-state index contributed by atoms with van der Waals surface area (Å²) in [5, 5.41) is 3.43. The minimum Gasteiger partial charge on any atom is -0.487 e. The van der Waals surface area contributed by atoms with Crippen LogP contribution in [0.4, 0.5) is 5.69 Å². The number of nitrogens with zero attached hydrogens (tertiary/aromatic N) is 1. The van der Waals surface area contributed by atoms with Gasteiger partial charge in [-0.1, -0.05) is 49.7 Å². The van der Waals surface area contributed by atoms with E-state index in [2.05, 4.69) is 19.2 Å². The van der Waals surface area contributed by atoms with Crippen molar-refractivity contribution in [2.75, 3.05) is 17.1 Å². The number of fused-ring (bicyclic) bond motifs is 1. The van der Waals surface area contributed by atoms with E-state index in [1.165, 1.54) is 6.07 Å². The summed E-state index contributed by atoms with van der Waals surface area (Å²) in [5.41, 5.74) is 0.886. The molecule has 1 atom stereocenters. The number of carbonyl (C=O) groups excluding carboxylic acids is 1. The van der Waals surface area contributed by atoms with Crippen molar-refractivity contribution in [1.82, 2.24) is 5.32 Å². The van der Waals surface area contributed by atoms with Gasteiger partial charge in [-0.25, -0.2) is 8.42 Å². The van der Waals surface area contributed by atoms with Crippen LogP contribution in [0.5, 0.6) is 5.75 Å². The molecule has 6 nitrogen and oxygen atoms in total. The van der Waals surface area contributed by atoms with Gasteiger partial charge in [0, 0.05) is 17.0 Å². The van der Waals surface area contributed by atoms with Crippen LogP contribution in [0.3, 0.4) is 0 Å². The Balaban J connectivity index is 1.85. The van der Waals surface area contributed by atoms with Crippen molar-refractivity contribution in [3.63, 3.8) is 0 Å². The molecule has 0 saturated heterocycles. The maximum atomic E-state index is 12.9. The molecular weight excluding hydrogens is 424 g/mol. The number of halogens is 1. The van der Waals surface area contributed by atoms with E-state index < -0.39 is 10.0 Å². The molecule has 0 radical (unpaired) electrons. The summed E-state index contributed by atoms with van der Waals surface area (Å²) < 4.78 is 32.0. The predicted octanol–water partition coefficient (Wildman–Crippen LogP) is 4.30. The van der Waals surface area contributed by atoms with Crippen molar-refractivity contribution in [2.24, 2.45) is 0 Å². The van der Waals surface area contributed by atoms with Crippen molar-refractivity contribution >= 4 is 33.2 Å². The molecule has 0 unspecified atom stereocenters. The fraction of sp³-hybridized carbons (Fsp3) is 0.409. The summed E-state index contributed by atoms with van der Waals surface area (Å²) in [5.74, 6) is 0.371. The molecule has 2 aromatic rings. The first-order valence-electron chi connectivity index (χ1n) is 9.98. The average molecular weight is 451 g/mol. The largest absolute Gasteiger partial charge is 0.487 e. The second-order valence-electron chi connectivity index (χ2n) is 7.60. The Labute approximate surface area is 183 Å². The minimum atomic E-state index is -3.67. The van der Waals surface area contributed by atoms with Crippen molar-refractivity contribution in [3.05, 3.63) is 59.1 Å². The lowest BCUT2D eigenvalue weighted by Crippen LogP contribution is -2.47. The predicted molar refractivity (Wildman–Crippen MR) is 120 cm³/mol. The van der Waals surface area contributed by atoms with Gasteiger partial charge in [-0.3, -0.25) is 9.10 Å². The van der Waals surface area contributed by atoms with Crippen molar-refractivity contribution in [3.8, 4) is 5.75 Å². The highest BCUT2D eigenvalue weighted by molar-refractivity contribution is 7.92. The highest BCUT2D eigenvalue weighted by Crippen LogP contribution is 2.42. The van der Waals surface area contributed by atoms with Gasteiger partial charge >= 0.3 is 0 Å². The quantitative estimate of drug-likeness (QED) is 0.682. The van der Waals surface area contributed by atoms with Gasteiger partial charge in [-0.05, 0) is 37.1 Å². The van der Waals surface area contributed by atoms with Crippen LogP contribution in [0.25, 0.3) is 0 Å². The maximum Gasteiger partial charge on any atom is 0.241 e. The Bertz CT molecular complexity index is 1020. The van der Waals surface area contributed by atoms with E-state index in [0.29, 0.717) is 17.1 Å². The summed E-state index contributed by atoms with van der Waals surface area (Å²) in [4.78, 5) is 12.9. The summed E-state index contributed by atoms with van der Waals surface area (Å²) in [7, 11) is -3.67. The van der Waals surface area contributed by atoms with E-state index in [1.807, 2.05) is 24.3 Å². The minimum absolute atomic E-state index is 0.261. The Morgan fingerprint density at radius 3 is 2.53 bits per heavy atom. The summed E-state index contributed by atoms with van der Waals surface area (Å²) in [6.07, 6.45) is 3.31. The zero-order valence-corrected chi connectivity index (χ0v) is 19.0. The molecule has 0 spiro atoms. The summed E-state index contributed by atoms with van der Waals surface area (Å²) >= 11 is 6.01. The van der Waals surface area contributed by atoms with E-state index in [1.54, 1.807) is 18.2 Å². The number of para-hydroxylation sites is 1. The highest BCUT2D eigenvalue weighted by atomic mass is 35.5. The van der Waals surface area contributed by atoms with Gasteiger partial charge in [0.05, 0.1) is 18.0 Å². The lowest BCUT2D eigenvalue weighted by molar-refractivity contribution is -0.121. The number of benzene rings is 2. The molecule has 1 aliphatic rings. The van der Waals surface area contributed by atoms with Crippen LogP contribution in [0.1, 0.15) is 44.7 Å². The molecule has 1 aliphatic heterocycles. The molecule has 0 saturated carbocycles. The molecule has 1 heterocycles. The maximum absolute atomic E-state index is 12.9. The first kappa shape index (κ1) is 22.4. The van der Waals surface area contributed by atoms with Crippen LogP contribution in [0.15, 0.2) is 48.5 Å². The zero-order valence-electron chi connectivity index (χ0n) is 17.4. The average Bonchev–Trinajstić information content (AvgIpc) is 2.71. The third-order valence-electron chi connectivity index (χ3n) is 5.60. The van der Waals surface area contributed by atoms with Gasteiger partial charge in [0.1, 0.15) is 17.9 Å². The first-order valence-corrected chi connectivity index (χ1v) is 12.2. The number of anilines is 1. The number of amides is 1. The fourth-order valence-corrected chi connectivity index (χ4v) is 4.86. The molecule has 0 bridgehead atoms. The molecule has 3 rings (SSSR count). The molecule has 1 amide bonds. The number of sulfonamides is 1. The normalized spacial score (nSPS) is 17.5. The number of carbonyl (C=O) groups is 1. The number of nitrogens with one attached hydrogen (secondary N) is 1. The number of hydrogen-bond acceptors (Lipinski definition) is 4. The molecule has 2 aromatic carbocycles. The van der Waals surface area contributed by atoms with Gasteiger partial charge in [-0.15, -0.1) is 0 Å². The van der Waals surface area contributed by atoms with Crippen molar-refractivity contribution in [2.45, 2.75) is 44.8 Å². The Hall–Kier alpha value is -2.25. The Morgan fingerprint density at radius 2 is 1.90 bits per heavy atom. The van der Waals surface area contributed by atoms with Crippen LogP contribution in [-0.2, 0) is 14.8 Å². The lowest BCUT2D eigenvalue weighted by Gasteiger charge is -2.41. The topological polar surface area (TPSA) is 75.7 Å². The van der Waals surface area contributed by atoms with Gasteiger partial charge in [0.15, 0.2) is 0 Å². The van der Waals surface area contributed by atoms with Crippen LogP contribution in [0, 0.1) is 0 Å². The van der Waals surface area contributed by atoms with Gasteiger partial charge in [0.25, 0.3) is 0 Å². The van der Waals surface area contributed by atoms with Crippen molar-refractivity contribution < 1.29 is 17.9 Å². The van der Waals surface area contributed by atoms with Crippen LogP contribution in [0.2, 0.25) is 5.02 Å². The SMILES string of the molecule is CCC1(CC)C[C@H](NC(=O)CN(c2cccc(Cl)c2)S(C)(=O)=O)c2ccccc2O1. The van der Waals surface area contributed by atoms with Crippen LogP contribution >= 0.6 is 11.6 Å². The van der Waals surface area contributed by atoms with Gasteiger partial charge in [-0.2, -0.15) is 0 Å².